The topological polar surface area (TPSA) is 180 Å². The van der Waals surface area contributed by atoms with Gasteiger partial charge in [0.2, 0.25) is 5.69 Å². The summed E-state index contributed by atoms with van der Waals surface area (Å²) in [5, 5.41) is 37.5. The largest absolute Gasteiger partial charge is 0.496 e. The van der Waals surface area contributed by atoms with E-state index in [1.807, 2.05) is 42.5 Å². The van der Waals surface area contributed by atoms with E-state index >= 15 is 0 Å². The zero-order valence-corrected chi connectivity index (χ0v) is 32.9. The normalized spacial score (nSPS) is 16.5. The molecule has 14 heteroatoms. The van der Waals surface area contributed by atoms with E-state index in [0.29, 0.717) is 35.7 Å². The Morgan fingerprint density at radius 3 is 1.65 bits per heavy atom. The molecule has 0 aliphatic carbocycles. The van der Waals surface area contributed by atoms with Crippen molar-refractivity contribution in [3.05, 3.63) is 82.6 Å². The number of benzene rings is 2. The SMILES string of the molecule is CCN1C(=CC=CC=CC2=[N+](CC)c3cc(CN(CC(=O)O)CC(=O)O)c(OC)cc3C2(C)C)C(C)(C)c2cc(OC)c(CN(CC(=O)O)CC(=O)O)cc21. The molecule has 55 heavy (non-hydrogen) atoms. The van der Waals surface area contributed by atoms with Crippen LogP contribution in [0, 0.1) is 0 Å². The molecule has 2 aliphatic rings. The number of anilines is 1. The van der Waals surface area contributed by atoms with Crippen molar-refractivity contribution in [3.8, 4) is 11.5 Å². The van der Waals surface area contributed by atoms with Crippen LogP contribution < -0.4 is 14.4 Å². The Labute approximate surface area is 321 Å². The summed E-state index contributed by atoms with van der Waals surface area (Å²) in [6, 6.07) is 7.85. The molecule has 0 unspecified atom stereocenters. The first-order valence-electron chi connectivity index (χ1n) is 18.1. The van der Waals surface area contributed by atoms with E-state index in [1.165, 1.54) is 9.80 Å². The molecule has 0 fully saturated rings. The van der Waals surface area contributed by atoms with Gasteiger partial charge in [-0.25, -0.2) is 0 Å². The van der Waals surface area contributed by atoms with Crippen LogP contribution in [0.4, 0.5) is 11.4 Å². The maximum Gasteiger partial charge on any atom is 0.317 e. The van der Waals surface area contributed by atoms with E-state index in [9.17, 15) is 39.6 Å². The first-order chi connectivity index (χ1) is 25.9. The van der Waals surface area contributed by atoms with Crippen LogP contribution in [0.2, 0.25) is 0 Å². The summed E-state index contributed by atoms with van der Waals surface area (Å²) >= 11 is 0. The molecule has 2 aliphatic heterocycles. The lowest BCUT2D eigenvalue weighted by atomic mass is 9.81. The second kappa shape index (κ2) is 17.3. The highest BCUT2D eigenvalue weighted by molar-refractivity contribution is 6.03. The van der Waals surface area contributed by atoms with Gasteiger partial charge in [0.05, 0.1) is 45.8 Å². The molecular formula is C41H53N4O10+. The summed E-state index contributed by atoms with van der Waals surface area (Å²) in [5.74, 6) is -3.34. The molecule has 0 radical (unpaired) electrons. The number of hydrogen-bond acceptors (Lipinski definition) is 9. The Morgan fingerprint density at radius 2 is 1.20 bits per heavy atom. The summed E-state index contributed by atoms with van der Waals surface area (Å²) in [6.07, 6.45) is 10.1. The summed E-state index contributed by atoms with van der Waals surface area (Å²) in [6.45, 7) is 12.5. The van der Waals surface area contributed by atoms with Gasteiger partial charge in [-0.15, -0.1) is 0 Å². The number of methoxy groups -OCH3 is 2. The Balaban J connectivity index is 1.65. The minimum Gasteiger partial charge on any atom is -0.496 e. The van der Waals surface area contributed by atoms with Crippen molar-refractivity contribution < 1.29 is 53.7 Å². The van der Waals surface area contributed by atoms with Gasteiger partial charge in [0.15, 0.2) is 5.71 Å². The van der Waals surface area contributed by atoms with Crippen LogP contribution >= 0.6 is 0 Å². The Morgan fingerprint density at radius 1 is 0.709 bits per heavy atom. The number of carboxylic acid groups (broad SMARTS) is 4. The van der Waals surface area contributed by atoms with Gasteiger partial charge in [0.1, 0.15) is 18.0 Å². The Hall–Kier alpha value is -5.47. The highest BCUT2D eigenvalue weighted by Gasteiger charge is 2.45. The molecule has 0 atom stereocenters. The molecule has 0 saturated heterocycles. The molecule has 4 N–H and O–H groups in total. The van der Waals surface area contributed by atoms with E-state index in [2.05, 4.69) is 63.2 Å². The standard InChI is InChI=1S/C41H52N4O10/c1-9-44-30-16-26(20-42(22-36(46)47)23-37(48)49)32(54-7)18-28(30)40(3,4)34(44)14-12-11-13-15-35-41(5,6)29-19-33(55-8)27(17-31(29)45(35)10-2)21-43(24-38(50)51)25-39(52)53/h11-19H,9-10,20-25H2,1-8H3,(H3-,46,47,48,49,50,51,52,53)/p+1. The van der Waals surface area contributed by atoms with Gasteiger partial charge in [-0.05, 0) is 57.5 Å². The Kier molecular flexibility index (Phi) is 13.3. The fourth-order valence-electron chi connectivity index (χ4n) is 7.73. The van der Waals surface area contributed by atoms with Gasteiger partial charge in [-0.3, -0.25) is 29.0 Å². The number of fused-ring (bicyclic) bond motifs is 2. The molecule has 2 aromatic carbocycles. The van der Waals surface area contributed by atoms with E-state index in [-0.39, 0.29) is 13.1 Å². The quantitative estimate of drug-likeness (QED) is 0.113. The van der Waals surface area contributed by atoms with Gasteiger partial charge in [-0.2, -0.15) is 4.58 Å². The highest BCUT2D eigenvalue weighted by atomic mass is 16.5. The van der Waals surface area contributed by atoms with Gasteiger partial charge in [-0.1, -0.05) is 32.1 Å². The predicted octanol–water partition coefficient (Wildman–Crippen LogP) is 4.86. The number of hydrogen-bond donors (Lipinski definition) is 4. The minimum absolute atomic E-state index is 0.0899. The number of rotatable bonds is 19. The molecule has 0 bridgehead atoms. The third-order valence-corrected chi connectivity index (χ3v) is 10.2. The van der Waals surface area contributed by atoms with Crippen molar-refractivity contribution in [3.63, 3.8) is 0 Å². The predicted molar refractivity (Wildman–Crippen MR) is 208 cm³/mol. The van der Waals surface area contributed by atoms with Crippen molar-refractivity contribution in [2.75, 3.05) is 58.4 Å². The van der Waals surface area contributed by atoms with Gasteiger partial charge in [0.25, 0.3) is 0 Å². The average Bonchev–Trinajstić information content (AvgIpc) is 3.42. The highest BCUT2D eigenvalue weighted by Crippen LogP contribution is 2.50. The van der Waals surface area contributed by atoms with Crippen LogP contribution in [0.15, 0.2) is 60.3 Å². The van der Waals surface area contributed by atoms with Gasteiger partial charge in [0, 0.05) is 65.3 Å². The van der Waals surface area contributed by atoms with Gasteiger partial charge < -0.3 is 34.8 Å². The number of nitrogens with zero attached hydrogens (tertiary/aromatic N) is 4. The van der Waals surface area contributed by atoms with Crippen LogP contribution in [0.25, 0.3) is 0 Å². The minimum atomic E-state index is -1.11. The molecule has 296 valence electrons. The first kappa shape index (κ1) is 42.3. The van der Waals surface area contributed by atoms with E-state index in [4.69, 9.17) is 9.47 Å². The van der Waals surface area contributed by atoms with Crippen LogP contribution in [0.5, 0.6) is 11.5 Å². The monoisotopic (exact) mass is 761 g/mol. The maximum absolute atomic E-state index is 11.5. The lowest BCUT2D eigenvalue weighted by Gasteiger charge is -2.25. The summed E-state index contributed by atoms with van der Waals surface area (Å²) in [4.78, 5) is 50.8. The van der Waals surface area contributed by atoms with Crippen molar-refractivity contribution in [2.45, 2.75) is 65.5 Å². The molecule has 2 aromatic rings. The Bertz CT molecular complexity index is 1930. The lowest BCUT2D eigenvalue weighted by Crippen LogP contribution is -2.34. The zero-order chi connectivity index (χ0) is 40.8. The zero-order valence-electron chi connectivity index (χ0n) is 32.9. The number of aliphatic carboxylic acids is 4. The van der Waals surface area contributed by atoms with Gasteiger partial charge >= 0.3 is 23.9 Å². The molecule has 0 spiro atoms. The molecule has 0 amide bonds. The average molecular weight is 762 g/mol. The van der Waals surface area contributed by atoms with Crippen molar-refractivity contribution >= 4 is 41.0 Å². The smallest absolute Gasteiger partial charge is 0.317 e. The summed E-state index contributed by atoms with van der Waals surface area (Å²) in [5.41, 5.74) is 6.66. The molecule has 2 heterocycles. The van der Waals surface area contributed by atoms with E-state index in [0.717, 1.165) is 33.9 Å². The molecule has 4 rings (SSSR count). The fourth-order valence-corrected chi connectivity index (χ4v) is 7.73. The molecule has 0 saturated carbocycles. The van der Waals surface area contributed by atoms with Crippen molar-refractivity contribution in [1.29, 1.82) is 0 Å². The lowest BCUT2D eigenvalue weighted by molar-refractivity contribution is -0.433. The molecule has 14 nitrogen and oxygen atoms in total. The third-order valence-electron chi connectivity index (χ3n) is 10.2. The maximum atomic E-state index is 11.5. The summed E-state index contributed by atoms with van der Waals surface area (Å²) < 4.78 is 13.6. The fraction of sp³-hybridized carbons (Fsp3) is 0.439. The van der Waals surface area contributed by atoms with E-state index in [1.54, 1.807) is 14.2 Å². The van der Waals surface area contributed by atoms with Crippen LogP contribution in [0.3, 0.4) is 0 Å². The van der Waals surface area contributed by atoms with Crippen LogP contribution in [-0.4, -0.2) is 118 Å². The number of likely N-dealkylation sites (N-methyl/N-ethyl adjacent to an activating group) is 1. The van der Waals surface area contributed by atoms with Crippen molar-refractivity contribution in [2.24, 2.45) is 0 Å². The first-order valence-corrected chi connectivity index (χ1v) is 18.1. The third kappa shape index (κ3) is 9.26. The number of carbonyl (C=O) groups is 4. The van der Waals surface area contributed by atoms with Crippen LogP contribution in [-0.2, 0) is 43.1 Å². The molecule has 0 aromatic heterocycles. The number of ether oxygens (including phenoxy) is 2. The second-order valence-corrected chi connectivity index (χ2v) is 14.6. The summed E-state index contributed by atoms with van der Waals surface area (Å²) in [7, 11) is 3.09. The van der Waals surface area contributed by atoms with Crippen molar-refractivity contribution in [1.82, 2.24) is 9.80 Å². The second-order valence-electron chi connectivity index (χ2n) is 14.6. The van der Waals surface area contributed by atoms with Crippen LogP contribution in [0.1, 0.15) is 63.8 Å². The number of carboxylic acids is 4. The number of allylic oxidation sites excluding steroid dienone is 6. The van der Waals surface area contributed by atoms with E-state index < -0.39 is 60.9 Å². The molecular weight excluding hydrogens is 708 g/mol.